The monoisotopic (exact) mass is 336 g/mol. The fourth-order valence-corrected chi connectivity index (χ4v) is 2.84. The van der Waals surface area contributed by atoms with Crippen LogP contribution in [0.15, 0.2) is 36.4 Å². The number of nitrogens with one attached hydrogen (secondary N) is 1. The molecule has 0 atom stereocenters. The third kappa shape index (κ3) is 4.23. The van der Waals surface area contributed by atoms with E-state index < -0.39 is 11.9 Å². The molecule has 0 saturated heterocycles. The summed E-state index contributed by atoms with van der Waals surface area (Å²) in [7, 11) is 0. The molecule has 24 heavy (non-hydrogen) atoms. The maximum absolute atomic E-state index is 12.4. The number of rotatable bonds is 5. The third-order valence-electron chi connectivity index (χ3n) is 4.12. The van der Waals surface area contributed by atoms with Crippen molar-refractivity contribution >= 4 is 5.82 Å². The van der Waals surface area contributed by atoms with E-state index in [1.54, 1.807) is 0 Å². The van der Waals surface area contributed by atoms with Crippen LogP contribution in [0.3, 0.4) is 0 Å². The van der Waals surface area contributed by atoms with Gasteiger partial charge in [0.1, 0.15) is 5.82 Å². The number of halogens is 3. The molecule has 0 radical (unpaired) electrons. The van der Waals surface area contributed by atoms with Gasteiger partial charge < -0.3 is 5.32 Å². The van der Waals surface area contributed by atoms with Crippen molar-refractivity contribution in [3.8, 4) is 0 Å². The van der Waals surface area contributed by atoms with Crippen LogP contribution in [-0.4, -0.2) is 34.7 Å². The lowest BCUT2D eigenvalue weighted by Crippen LogP contribution is -2.32. The molecule has 1 aliphatic heterocycles. The summed E-state index contributed by atoms with van der Waals surface area (Å²) in [6, 6.07) is 10.7. The van der Waals surface area contributed by atoms with E-state index in [1.165, 1.54) is 17.2 Å². The van der Waals surface area contributed by atoms with Crippen LogP contribution in [0.1, 0.15) is 23.2 Å². The summed E-state index contributed by atoms with van der Waals surface area (Å²) in [5.41, 5.74) is 1.83. The second-order valence-electron chi connectivity index (χ2n) is 5.88. The summed E-state index contributed by atoms with van der Waals surface area (Å²) in [4.78, 5) is 2.39. The molecule has 7 heteroatoms. The van der Waals surface area contributed by atoms with Crippen molar-refractivity contribution in [3.05, 3.63) is 53.2 Å². The van der Waals surface area contributed by atoms with Crippen molar-refractivity contribution in [3.63, 3.8) is 0 Å². The molecule has 0 bridgehead atoms. The third-order valence-corrected chi connectivity index (χ3v) is 4.12. The first-order valence-electron chi connectivity index (χ1n) is 7.96. The van der Waals surface area contributed by atoms with Crippen LogP contribution < -0.4 is 5.32 Å². The molecule has 1 aromatic carbocycles. The minimum atomic E-state index is -4.45. The topological polar surface area (TPSA) is 41.0 Å². The van der Waals surface area contributed by atoms with Crippen LogP contribution in [0.4, 0.5) is 19.0 Å². The van der Waals surface area contributed by atoms with Crippen molar-refractivity contribution in [2.75, 3.05) is 25.0 Å². The standard InChI is InChI=1S/C17H19F3N4/c18-17(19,20)15-6-7-16(23-22-15)21-9-3-10-24-11-8-13-4-1-2-5-14(13)12-24/h1-2,4-7H,3,8-12H2,(H,21,23). The molecule has 1 aliphatic rings. The maximum Gasteiger partial charge on any atom is 0.435 e. The Kier molecular flexibility index (Phi) is 4.99. The van der Waals surface area contributed by atoms with Gasteiger partial charge in [0.25, 0.3) is 0 Å². The number of hydrogen-bond acceptors (Lipinski definition) is 4. The molecule has 128 valence electrons. The maximum atomic E-state index is 12.4. The first-order valence-corrected chi connectivity index (χ1v) is 7.96. The highest BCUT2D eigenvalue weighted by Gasteiger charge is 2.32. The summed E-state index contributed by atoms with van der Waals surface area (Å²) in [5, 5.41) is 9.77. The SMILES string of the molecule is FC(F)(F)c1ccc(NCCCN2CCc3ccccc3C2)nn1. The quantitative estimate of drug-likeness (QED) is 0.850. The van der Waals surface area contributed by atoms with Crippen molar-refractivity contribution in [2.45, 2.75) is 25.6 Å². The Bertz CT molecular complexity index is 670. The summed E-state index contributed by atoms with van der Waals surface area (Å²) >= 11 is 0. The average molecular weight is 336 g/mol. The van der Waals surface area contributed by atoms with E-state index in [4.69, 9.17) is 0 Å². The van der Waals surface area contributed by atoms with Crippen molar-refractivity contribution < 1.29 is 13.2 Å². The van der Waals surface area contributed by atoms with Gasteiger partial charge in [0.2, 0.25) is 0 Å². The molecular weight excluding hydrogens is 317 g/mol. The Morgan fingerprint density at radius 2 is 1.83 bits per heavy atom. The Morgan fingerprint density at radius 3 is 2.54 bits per heavy atom. The summed E-state index contributed by atoms with van der Waals surface area (Å²) < 4.78 is 37.2. The van der Waals surface area contributed by atoms with Gasteiger partial charge in [-0.25, -0.2) is 0 Å². The number of aromatic nitrogens is 2. The average Bonchev–Trinajstić information content (AvgIpc) is 2.58. The smallest absolute Gasteiger partial charge is 0.369 e. The summed E-state index contributed by atoms with van der Waals surface area (Å²) in [5.74, 6) is 0.368. The largest absolute Gasteiger partial charge is 0.435 e. The van der Waals surface area contributed by atoms with Crippen LogP contribution in [0, 0.1) is 0 Å². The van der Waals surface area contributed by atoms with Crippen LogP contribution in [-0.2, 0) is 19.1 Å². The zero-order valence-electron chi connectivity index (χ0n) is 13.2. The van der Waals surface area contributed by atoms with Gasteiger partial charge in [-0.2, -0.15) is 13.2 Å². The number of hydrogen-bond donors (Lipinski definition) is 1. The first kappa shape index (κ1) is 16.7. The molecule has 0 spiro atoms. The molecule has 2 aromatic rings. The van der Waals surface area contributed by atoms with Crippen LogP contribution >= 0.6 is 0 Å². The lowest BCUT2D eigenvalue weighted by atomic mass is 10.00. The van der Waals surface area contributed by atoms with Crippen molar-refractivity contribution in [1.82, 2.24) is 15.1 Å². The van der Waals surface area contributed by atoms with Crippen molar-refractivity contribution in [2.24, 2.45) is 0 Å². The minimum Gasteiger partial charge on any atom is -0.369 e. The van der Waals surface area contributed by atoms with Gasteiger partial charge in [-0.3, -0.25) is 4.90 Å². The number of anilines is 1. The highest BCUT2D eigenvalue weighted by atomic mass is 19.4. The van der Waals surface area contributed by atoms with Crippen LogP contribution in [0.25, 0.3) is 0 Å². The summed E-state index contributed by atoms with van der Waals surface area (Å²) in [6.45, 7) is 3.58. The second kappa shape index (κ2) is 7.17. The molecule has 0 saturated carbocycles. The molecule has 0 amide bonds. The highest BCUT2D eigenvalue weighted by Crippen LogP contribution is 2.27. The molecule has 4 nitrogen and oxygen atoms in total. The van der Waals surface area contributed by atoms with Gasteiger partial charge in [0, 0.05) is 26.2 Å². The number of alkyl halides is 3. The number of nitrogens with zero attached hydrogens (tertiary/aromatic N) is 3. The Labute approximate surface area is 138 Å². The van der Waals surface area contributed by atoms with E-state index in [0.29, 0.717) is 12.4 Å². The van der Waals surface area contributed by atoms with Gasteiger partial charge in [-0.05, 0) is 36.1 Å². The lowest BCUT2D eigenvalue weighted by Gasteiger charge is -2.28. The van der Waals surface area contributed by atoms with E-state index in [2.05, 4.69) is 44.7 Å². The molecule has 2 heterocycles. The van der Waals surface area contributed by atoms with E-state index in [9.17, 15) is 13.2 Å². The van der Waals surface area contributed by atoms with Gasteiger partial charge in [-0.15, -0.1) is 10.2 Å². The zero-order valence-corrected chi connectivity index (χ0v) is 13.2. The van der Waals surface area contributed by atoms with E-state index in [1.807, 2.05) is 0 Å². The lowest BCUT2D eigenvalue weighted by molar-refractivity contribution is -0.141. The van der Waals surface area contributed by atoms with E-state index in [0.717, 1.165) is 38.5 Å². The van der Waals surface area contributed by atoms with Crippen LogP contribution in [0.5, 0.6) is 0 Å². The molecule has 0 fully saturated rings. The normalized spacial score (nSPS) is 15.1. The molecular formula is C17H19F3N4. The molecule has 1 N–H and O–H groups in total. The number of fused-ring (bicyclic) bond motifs is 1. The van der Waals surface area contributed by atoms with E-state index >= 15 is 0 Å². The second-order valence-corrected chi connectivity index (χ2v) is 5.88. The Morgan fingerprint density at radius 1 is 1.04 bits per heavy atom. The predicted molar refractivity (Wildman–Crippen MR) is 85.6 cm³/mol. The highest BCUT2D eigenvalue weighted by molar-refractivity contribution is 5.33. The van der Waals surface area contributed by atoms with Gasteiger partial charge >= 0.3 is 6.18 Å². The Balaban J connectivity index is 1.42. The molecule has 3 rings (SSSR count). The fraction of sp³-hybridized carbons (Fsp3) is 0.412. The van der Waals surface area contributed by atoms with Crippen LogP contribution in [0.2, 0.25) is 0 Å². The van der Waals surface area contributed by atoms with Gasteiger partial charge in [0.05, 0.1) is 0 Å². The first-order chi connectivity index (χ1) is 11.5. The molecule has 1 aromatic heterocycles. The van der Waals surface area contributed by atoms with Gasteiger partial charge in [-0.1, -0.05) is 24.3 Å². The Hall–Kier alpha value is -2.15. The zero-order chi connectivity index (χ0) is 17.0. The fourth-order valence-electron chi connectivity index (χ4n) is 2.84. The van der Waals surface area contributed by atoms with Crippen molar-refractivity contribution in [1.29, 1.82) is 0 Å². The number of benzene rings is 1. The molecule has 0 unspecified atom stereocenters. The van der Waals surface area contributed by atoms with E-state index in [-0.39, 0.29) is 0 Å². The predicted octanol–water partition coefficient (Wildman–Crippen LogP) is 3.36. The van der Waals surface area contributed by atoms with Gasteiger partial charge in [0.15, 0.2) is 5.69 Å². The molecule has 0 aliphatic carbocycles. The summed E-state index contributed by atoms with van der Waals surface area (Å²) in [6.07, 6.45) is -2.49. The minimum absolute atomic E-state index is 0.368.